The van der Waals surface area contributed by atoms with Crippen molar-refractivity contribution in [2.75, 3.05) is 11.9 Å². The smallest absolute Gasteiger partial charge is 0.421 e. The topological polar surface area (TPSA) is 111 Å². The molecule has 0 aromatic heterocycles. The molecule has 9 heteroatoms. The van der Waals surface area contributed by atoms with Crippen LogP contribution in [-0.4, -0.2) is 32.4 Å². The molecule has 1 amide bonds. The summed E-state index contributed by atoms with van der Waals surface area (Å²) in [5, 5.41) is 3.15. The number of para-hydroxylation sites is 1. The summed E-state index contributed by atoms with van der Waals surface area (Å²) >= 11 is 0. The quantitative estimate of drug-likeness (QED) is 0.394. The molecule has 32 heavy (non-hydrogen) atoms. The zero-order valence-corrected chi connectivity index (χ0v) is 19.8. The van der Waals surface area contributed by atoms with Crippen LogP contribution in [0.4, 0.5) is 10.5 Å². The van der Waals surface area contributed by atoms with Gasteiger partial charge in [0.25, 0.3) is 10.0 Å². The van der Waals surface area contributed by atoms with Gasteiger partial charge in [0.05, 0.1) is 5.69 Å². The number of sulfonamides is 1. The molecule has 2 aromatic carbocycles. The molecule has 0 unspecified atom stereocenters. The van der Waals surface area contributed by atoms with Crippen molar-refractivity contribution in [3.8, 4) is 11.5 Å². The van der Waals surface area contributed by atoms with Crippen molar-refractivity contribution >= 4 is 27.6 Å². The molecule has 0 spiro atoms. The number of benzene rings is 2. The predicted octanol–water partition coefficient (Wildman–Crippen LogP) is 5.11. The summed E-state index contributed by atoms with van der Waals surface area (Å²) in [6, 6.07) is 11.4. The summed E-state index contributed by atoms with van der Waals surface area (Å²) < 4.78 is 39.3. The van der Waals surface area contributed by atoms with Crippen molar-refractivity contribution in [2.24, 2.45) is 0 Å². The van der Waals surface area contributed by atoms with Gasteiger partial charge in [-0.2, -0.15) is 0 Å². The first-order valence-electron chi connectivity index (χ1n) is 10.3. The zero-order valence-electron chi connectivity index (χ0n) is 19.0. The van der Waals surface area contributed by atoms with Crippen LogP contribution in [0.1, 0.15) is 57.8 Å². The van der Waals surface area contributed by atoms with Crippen LogP contribution < -0.4 is 14.8 Å². The molecule has 0 heterocycles. The van der Waals surface area contributed by atoms with Crippen molar-refractivity contribution < 1.29 is 27.5 Å². The summed E-state index contributed by atoms with van der Waals surface area (Å²) in [6.45, 7) is 8.76. The largest absolute Gasteiger partial charge is 0.454 e. The lowest BCUT2D eigenvalue weighted by Crippen LogP contribution is -2.36. The molecule has 0 aliphatic rings. The van der Waals surface area contributed by atoms with Crippen molar-refractivity contribution in [3.63, 3.8) is 0 Å². The highest BCUT2D eigenvalue weighted by molar-refractivity contribution is 7.90. The lowest BCUT2D eigenvalue weighted by atomic mass is 10.1. The number of hydrogen-bond donors (Lipinski definition) is 2. The second kappa shape index (κ2) is 10.5. The standard InChI is InChI=1S/C23H30N2O6S/c1-6-7-13-24-19-14-17(16(2)26)15-20(21(19)30-18-11-9-8-10-12-18)32(28,29)25-22(27)31-23(3,4)5/h8-12,14-15,24H,6-7,13H2,1-5H3,(H,25,27). The van der Waals surface area contributed by atoms with Gasteiger partial charge in [0.2, 0.25) is 0 Å². The Bertz CT molecular complexity index is 1060. The highest BCUT2D eigenvalue weighted by Crippen LogP contribution is 2.38. The van der Waals surface area contributed by atoms with Gasteiger partial charge in [0.1, 0.15) is 16.2 Å². The molecule has 0 aliphatic carbocycles. The van der Waals surface area contributed by atoms with E-state index >= 15 is 0 Å². The molecule has 8 nitrogen and oxygen atoms in total. The molecular formula is C23H30N2O6S. The highest BCUT2D eigenvalue weighted by atomic mass is 32.2. The van der Waals surface area contributed by atoms with E-state index in [1.165, 1.54) is 13.0 Å². The Morgan fingerprint density at radius 2 is 1.72 bits per heavy atom. The number of nitrogens with one attached hydrogen (secondary N) is 2. The number of amides is 1. The van der Waals surface area contributed by atoms with Crippen LogP contribution in [0.25, 0.3) is 0 Å². The van der Waals surface area contributed by atoms with Gasteiger partial charge in [-0.15, -0.1) is 0 Å². The number of hydrogen-bond acceptors (Lipinski definition) is 7. The molecule has 0 saturated carbocycles. The van der Waals surface area contributed by atoms with Gasteiger partial charge in [-0.05, 0) is 58.4 Å². The van der Waals surface area contributed by atoms with Crippen molar-refractivity contribution in [3.05, 3.63) is 48.0 Å². The Hall–Kier alpha value is -3.07. The normalized spacial score (nSPS) is 11.5. The Morgan fingerprint density at radius 1 is 1.06 bits per heavy atom. The summed E-state index contributed by atoms with van der Waals surface area (Å²) in [6.07, 6.45) is 0.615. The number of carbonyl (C=O) groups excluding carboxylic acids is 2. The maximum atomic E-state index is 13.2. The minimum absolute atomic E-state index is 0.0200. The number of ketones is 1. The molecular weight excluding hydrogens is 432 g/mol. The van der Waals surface area contributed by atoms with Crippen LogP contribution in [0.3, 0.4) is 0 Å². The van der Waals surface area contributed by atoms with Gasteiger partial charge in [-0.1, -0.05) is 31.5 Å². The SMILES string of the molecule is CCCCNc1cc(C(C)=O)cc(S(=O)(=O)NC(=O)OC(C)(C)C)c1Oc1ccccc1. The average molecular weight is 463 g/mol. The van der Waals surface area contributed by atoms with Crippen LogP contribution in [0.2, 0.25) is 0 Å². The second-order valence-corrected chi connectivity index (χ2v) is 9.86. The Balaban J connectivity index is 2.60. The fourth-order valence-corrected chi connectivity index (χ4v) is 3.76. The van der Waals surface area contributed by atoms with E-state index in [-0.39, 0.29) is 22.0 Å². The summed E-state index contributed by atoms with van der Waals surface area (Å²) in [7, 11) is -4.43. The third-order valence-electron chi connectivity index (χ3n) is 4.18. The molecule has 0 aliphatic heterocycles. The number of carbonyl (C=O) groups is 2. The van der Waals surface area contributed by atoms with Crippen LogP contribution in [0.5, 0.6) is 11.5 Å². The van der Waals surface area contributed by atoms with Gasteiger partial charge in [-0.25, -0.2) is 17.9 Å². The first-order chi connectivity index (χ1) is 14.9. The molecule has 2 rings (SSSR count). The van der Waals surface area contributed by atoms with Gasteiger partial charge in [-0.3, -0.25) is 4.79 Å². The number of rotatable bonds is 9. The van der Waals surface area contributed by atoms with Crippen LogP contribution in [0.15, 0.2) is 47.4 Å². The molecule has 0 fully saturated rings. The molecule has 0 bridgehead atoms. The minimum Gasteiger partial charge on any atom is -0.454 e. The van der Waals surface area contributed by atoms with Gasteiger partial charge < -0.3 is 14.8 Å². The van der Waals surface area contributed by atoms with E-state index in [9.17, 15) is 18.0 Å². The number of Topliss-reactive ketones (excluding diaryl/α,β-unsaturated/α-hetero) is 1. The van der Waals surface area contributed by atoms with E-state index in [4.69, 9.17) is 9.47 Å². The van der Waals surface area contributed by atoms with E-state index in [1.54, 1.807) is 57.2 Å². The van der Waals surface area contributed by atoms with E-state index in [0.717, 1.165) is 12.8 Å². The summed E-state index contributed by atoms with van der Waals surface area (Å²) in [5.74, 6) is 0.0483. The van der Waals surface area contributed by atoms with Crippen molar-refractivity contribution in [1.29, 1.82) is 0 Å². The maximum Gasteiger partial charge on any atom is 0.421 e. The number of unbranched alkanes of at least 4 members (excludes halogenated alkanes) is 1. The summed E-state index contributed by atoms with van der Waals surface area (Å²) in [4.78, 5) is 24.0. The first-order valence-corrected chi connectivity index (χ1v) is 11.8. The molecule has 2 N–H and O–H groups in total. The lowest BCUT2D eigenvalue weighted by Gasteiger charge is -2.21. The molecule has 2 aromatic rings. The Morgan fingerprint density at radius 3 is 2.28 bits per heavy atom. The average Bonchev–Trinajstić information content (AvgIpc) is 2.67. The summed E-state index contributed by atoms with van der Waals surface area (Å²) in [5.41, 5.74) is -0.398. The number of ether oxygens (including phenoxy) is 2. The third kappa shape index (κ3) is 7.26. The molecule has 174 valence electrons. The van der Waals surface area contributed by atoms with Gasteiger partial charge >= 0.3 is 6.09 Å². The van der Waals surface area contributed by atoms with Crippen LogP contribution >= 0.6 is 0 Å². The number of anilines is 1. The van der Waals surface area contributed by atoms with E-state index in [2.05, 4.69) is 5.32 Å². The molecule has 0 atom stereocenters. The predicted molar refractivity (Wildman–Crippen MR) is 123 cm³/mol. The van der Waals surface area contributed by atoms with E-state index in [1.807, 2.05) is 11.6 Å². The van der Waals surface area contributed by atoms with E-state index < -0.39 is 21.7 Å². The van der Waals surface area contributed by atoms with Gasteiger partial charge in [0, 0.05) is 12.1 Å². The maximum absolute atomic E-state index is 13.2. The van der Waals surface area contributed by atoms with Crippen molar-refractivity contribution in [1.82, 2.24) is 4.72 Å². The zero-order chi connectivity index (χ0) is 23.9. The molecule has 0 saturated heterocycles. The second-order valence-electron chi connectivity index (χ2n) is 8.21. The van der Waals surface area contributed by atoms with E-state index in [0.29, 0.717) is 18.0 Å². The monoisotopic (exact) mass is 462 g/mol. The highest BCUT2D eigenvalue weighted by Gasteiger charge is 2.29. The first kappa shape index (κ1) is 25.2. The third-order valence-corrected chi connectivity index (χ3v) is 5.49. The Labute approximate surface area is 189 Å². The molecule has 0 radical (unpaired) electrons. The van der Waals surface area contributed by atoms with Crippen LogP contribution in [-0.2, 0) is 14.8 Å². The van der Waals surface area contributed by atoms with Gasteiger partial charge in [0.15, 0.2) is 11.5 Å². The fourth-order valence-electron chi connectivity index (χ4n) is 2.71. The Kier molecular flexibility index (Phi) is 8.26. The fraction of sp³-hybridized carbons (Fsp3) is 0.391. The minimum atomic E-state index is -4.43. The van der Waals surface area contributed by atoms with Crippen molar-refractivity contribution in [2.45, 2.75) is 58.0 Å². The lowest BCUT2D eigenvalue weighted by molar-refractivity contribution is 0.0570. The van der Waals surface area contributed by atoms with Crippen LogP contribution in [0, 0.1) is 0 Å².